The molecule has 1 fully saturated rings. The summed E-state index contributed by atoms with van der Waals surface area (Å²) in [5.74, 6) is 1.10. The average Bonchev–Trinajstić information content (AvgIpc) is 3.12. The molecule has 0 aliphatic carbocycles. The van der Waals surface area contributed by atoms with Gasteiger partial charge in [-0.05, 0) is 69.4 Å². The zero-order valence-electron chi connectivity index (χ0n) is 17.1. The second kappa shape index (κ2) is 8.09. The normalized spacial score (nSPS) is 16.3. The van der Waals surface area contributed by atoms with Crippen molar-refractivity contribution in [2.45, 2.75) is 39.2 Å². The summed E-state index contributed by atoms with van der Waals surface area (Å²) >= 11 is 0. The molecule has 2 heterocycles. The second-order valence-corrected chi connectivity index (χ2v) is 8.20. The maximum Gasteiger partial charge on any atom is 0.410 e. The molecule has 6 heteroatoms. The smallest absolute Gasteiger partial charge is 0.410 e. The fourth-order valence-electron chi connectivity index (χ4n) is 3.40. The van der Waals surface area contributed by atoms with Gasteiger partial charge in [-0.1, -0.05) is 6.58 Å². The molecule has 1 aliphatic rings. The van der Waals surface area contributed by atoms with Crippen molar-refractivity contribution in [2.24, 2.45) is 5.92 Å². The monoisotopic (exact) mass is 383 g/mol. The van der Waals surface area contributed by atoms with Gasteiger partial charge in [-0.2, -0.15) is 5.10 Å². The number of fused-ring (bicyclic) bond motifs is 1. The molecule has 0 atom stereocenters. The van der Waals surface area contributed by atoms with Gasteiger partial charge in [0.15, 0.2) is 0 Å². The summed E-state index contributed by atoms with van der Waals surface area (Å²) in [6, 6.07) is 6.05. The summed E-state index contributed by atoms with van der Waals surface area (Å²) in [5.41, 5.74) is 2.54. The van der Waals surface area contributed by atoms with Crippen molar-refractivity contribution in [1.29, 1.82) is 0 Å². The lowest BCUT2D eigenvalue weighted by Crippen LogP contribution is -2.41. The number of nitrogens with zero attached hydrogens (tertiary/aromatic N) is 2. The van der Waals surface area contributed by atoms with Crippen LogP contribution in [0.25, 0.3) is 16.7 Å². The highest BCUT2D eigenvalue weighted by Crippen LogP contribution is 2.29. The summed E-state index contributed by atoms with van der Waals surface area (Å²) in [7, 11) is 1.67. The Morgan fingerprint density at radius 3 is 2.68 bits per heavy atom. The molecule has 0 bridgehead atoms. The Labute approximate surface area is 166 Å². The Morgan fingerprint density at radius 1 is 1.32 bits per heavy atom. The van der Waals surface area contributed by atoms with E-state index in [-0.39, 0.29) is 6.09 Å². The summed E-state index contributed by atoms with van der Waals surface area (Å²) in [6.45, 7) is 11.3. The molecule has 0 unspecified atom stereocenters. The van der Waals surface area contributed by atoms with Crippen LogP contribution in [-0.2, 0) is 9.47 Å². The number of allylic oxidation sites excluding steroid dienone is 2. The van der Waals surface area contributed by atoms with E-state index in [2.05, 4.69) is 16.8 Å². The van der Waals surface area contributed by atoms with Crippen molar-refractivity contribution in [3.05, 3.63) is 48.2 Å². The van der Waals surface area contributed by atoms with Crippen LogP contribution in [0.2, 0.25) is 0 Å². The maximum atomic E-state index is 12.2. The van der Waals surface area contributed by atoms with Gasteiger partial charge >= 0.3 is 6.09 Å². The molecular formula is C22H29N3O3. The second-order valence-electron chi connectivity index (χ2n) is 8.20. The van der Waals surface area contributed by atoms with Gasteiger partial charge in [0, 0.05) is 24.0 Å². The first-order valence-corrected chi connectivity index (χ1v) is 9.63. The number of H-pyrrole nitrogens is 1. The van der Waals surface area contributed by atoms with E-state index in [0.29, 0.717) is 19.0 Å². The first kappa shape index (κ1) is 20.0. The molecule has 1 N–H and O–H groups in total. The van der Waals surface area contributed by atoms with Gasteiger partial charge in [0.05, 0.1) is 18.8 Å². The summed E-state index contributed by atoms with van der Waals surface area (Å²) in [4.78, 5) is 14.0. The van der Waals surface area contributed by atoms with E-state index in [1.54, 1.807) is 18.2 Å². The number of hydrogen-bond donors (Lipinski definition) is 1. The van der Waals surface area contributed by atoms with Gasteiger partial charge in [0.1, 0.15) is 11.4 Å². The fraction of sp³-hybridized carbons (Fsp3) is 0.455. The van der Waals surface area contributed by atoms with Crippen LogP contribution in [0.1, 0.15) is 39.2 Å². The van der Waals surface area contributed by atoms with Gasteiger partial charge in [-0.15, -0.1) is 0 Å². The van der Waals surface area contributed by atoms with Gasteiger partial charge < -0.3 is 14.4 Å². The van der Waals surface area contributed by atoms with Crippen LogP contribution in [-0.4, -0.2) is 47.0 Å². The minimum absolute atomic E-state index is 0.238. The van der Waals surface area contributed by atoms with Crippen LogP contribution < -0.4 is 0 Å². The molecule has 0 radical (unpaired) electrons. The highest BCUT2D eigenvalue weighted by Gasteiger charge is 2.27. The molecule has 3 rings (SSSR count). The number of nitrogens with one attached hydrogen (secondary N) is 1. The van der Waals surface area contributed by atoms with E-state index in [0.717, 1.165) is 40.6 Å². The Bertz CT molecular complexity index is 884. The Morgan fingerprint density at radius 2 is 2.04 bits per heavy atom. The average molecular weight is 383 g/mol. The van der Waals surface area contributed by atoms with E-state index >= 15 is 0 Å². The van der Waals surface area contributed by atoms with Gasteiger partial charge in [0.2, 0.25) is 0 Å². The number of carbonyl (C=O) groups excluding carboxylic acids is 1. The Balaban J connectivity index is 1.64. The molecule has 2 aromatic rings. The molecule has 150 valence electrons. The minimum Gasteiger partial charge on any atom is -0.496 e. The van der Waals surface area contributed by atoms with E-state index in [1.807, 2.05) is 45.0 Å². The van der Waals surface area contributed by atoms with Crippen molar-refractivity contribution in [3.8, 4) is 0 Å². The number of aromatic amines is 1. The fourth-order valence-corrected chi connectivity index (χ4v) is 3.40. The van der Waals surface area contributed by atoms with Crippen molar-refractivity contribution in [1.82, 2.24) is 15.1 Å². The molecule has 6 nitrogen and oxygen atoms in total. The molecule has 1 saturated heterocycles. The first-order valence-electron chi connectivity index (χ1n) is 9.63. The van der Waals surface area contributed by atoms with E-state index < -0.39 is 5.60 Å². The number of piperidine rings is 1. The summed E-state index contributed by atoms with van der Waals surface area (Å²) in [6.07, 6.45) is 5.30. The van der Waals surface area contributed by atoms with Gasteiger partial charge in [0.25, 0.3) is 0 Å². The number of methoxy groups -OCH3 is 1. The lowest BCUT2D eigenvalue weighted by atomic mass is 9.89. The lowest BCUT2D eigenvalue weighted by Gasteiger charge is -2.33. The predicted molar refractivity (Wildman–Crippen MR) is 111 cm³/mol. The number of amides is 1. The number of carbonyl (C=O) groups is 1. The third-order valence-corrected chi connectivity index (χ3v) is 4.93. The molecule has 1 aromatic carbocycles. The minimum atomic E-state index is -0.469. The van der Waals surface area contributed by atoms with E-state index in [1.165, 1.54) is 0 Å². The SMILES string of the molecule is C=C(/C=C(\OC)c1ccc2[nH]ncc2c1)C1CCN(C(=O)OC(C)(C)C)CC1. The van der Waals surface area contributed by atoms with Crippen LogP contribution in [0.3, 0.4) is 0 Å². The number of hydrogen-bond acceptors (Lipinski definition) is 4. The molecule has 1 amide bonds. The van der Waals surface area contributed by atoms with Crippen LogP contribution in [0.5, 0.6) is 0 Å². The largest absolute Gasteiger partial charge is 0.496 e. The maximum absolute atomic E-state index is 12.2. The molecule has 1 aliphatic heterocycles. The summed E-state index contributed by atoms with van der Waals surface area (Å²) < 4.78 is 11.1. The van der Waals surface area contributed by atoms with E-state index in [9.17, 15) is 4.79 Å². The van der Waals surface area contributed by atoms with E-state index in [4.69, 9.17) is 9.47 Å². The molecular weight excluding hydrogens is 354 g/mol. The van der Waals surface area contributed by atoms with Crippen LogP contribution in [0.4, 0.5) is 4.79 Å². The van der Waals surface area contributed by atoms with Crippen molar-refractivity contribution < 1.29 is 14.3 Å². The van der Waals surface area contributed by atoms with Crippen molar-refractivity contribution >= 4 is 22.8 Å². The third-order valence-electron chi connectivity index (χ3n) is 4.93. The first-order chi connectivity index (χ1) is 13.3. The van der Waals surface area contributed by atoms with Crippen LogP contribution in [0, 0.1) is 5.92 Å². The predicted octanol–water partition coefficient (Wildman–Crippen LogP) is 4.75. The van der Waals surface area contributed by atoms with Gasteiger partial charge in [-0.25, -0.2) is 4.79 Å². The van der Waals surface area contributed by atoms with Crippen LogP contribution >= 0.6 is 0 Å². The molecule has 0 saturated carbocycles. The number of ether oxygens (including phenoxy) is 2. The zero-order valence-corrected chi connectivity index (χ0v) is 17.1. The molecule has 1 aromatic heterocycles. The standard InChI is InChI=1S/C22H29N3O3/c1-15(16-8-10-25(11-9-16)21(26)28-22(2,3)4)12-20(27-5)17-6-7-19-18(13-17)14-23-24-19/h6-7,12-14,16H,1,8-11H2,2-5H3,(H,23,24)/b20-12-. The summed E-state index contributed by atoms with van der Waals surface area (Å²) in [5, 5.41) is 8.05. The topological polar surface area (TPSA) is 67.5 Å². The molecule has 0 spiro atoms. The molecule has 28 heavy (non-hydrogen) atoms. The highest BCUT2D eigenvalue weighted by molar-refractivity contribution is 5.82. The van der Waals surface area contributed by atoms with Crippen molar-refractivity contribution in [3.63, 3.8) is 0 Å². The lowest BCUT2D eigenvalue weighted by molar-refractivity contribution is 0.0195. The van der Waals surface area contributed by atoms with Crippen molar-refractivity contribution in [2.75, 3.05) is 20.2 Å². The number of aromatic nitrogens is 2. The number of likely N-dealkylation sites (tertiary alicyclic amines) is 1. The Hall–Kier alpha value is -2.76. The Kier molecular flexibility index (Phi) is 5.77. The number of rotatable bonds is 4. The quantitative estimate of drug-likeness (QED) is 0.611. The van der Waals surface area contributed by atoms with Gasteiger partial charge in [-0.3, -0.25) is 5.10 Å². The highest BCUT2D eigenvalue weighted by atomic mass is 16.6. The zero-order chi connectivity index (χ0) is 20.3. The third kappa shape index (κ3) is 4.74. The van der Waals surface area contributed by atoms with Crippen LogP contribution in [0.15, 0.2) is 42.6 Å². The number of benzene rings is 1.